The Morgan fingerprint density at radius 3 is 2.56 bits per heavy atom. The standard InChI is InChI=1S/C13H16GeO4/c1-2-3-4-5-6-8-7-9(13(17)18)10(14)12(16)11(8)15/h7,15-16H,2-3,6H2,1,14H3,(H,17,18). The van der Waals surface area contributed by atoms with Gasteiger partial charge < -0.3 is 0 Å². The summed E-state index contributed by atoms with van der Waals surface area (Å²) in [5, 5.41) is 28.5. The second kappa shape index (κ2) is 6.36. The first-order chi connectivity index (χ1) is 8.49. The molecule has 0 amide bonds. The molecular formula is C13H16GeO4. The Kier molecular flexibility index (Phi) is 5.11. The summed E-state index contributed by atoms with van der Waals surface area (Å²) in [6.45, 7) is 2.01. The van der Waals surface area contributed by atoms with Gasteiger partial charge in [0.05, 0.1) is 0 Å². The van der Waals surface area contributed by atoms with E-state index >= 15 is 0 Å². The maximum absolute atomic E-state index is 11.0. The topological polar surface area (TPSA) is 77.8 Å². The van der Waals surface area contributed by atoms with E-state index in [2.05, 4.69) is 11.8 Å². The van der Waals surface area contributed by atoms with Crippen molar-refractivity contribution in [2.24, 2.45) is 0 Å². The van der Waals surface area contributed by atoms with Crippen LogP contribution in [0.25, 0.3) is 0 Å². The van der Waals surface area contributed by atoms with Crippen molar-refractivity contribution < 1.29 is 20.1 Å². The number of aromatic hydroxyl groups is 2. The molecule has 0 heterocycles. The van der Waals surface area contributed by atoms with Crippen LogP contribution in [-0.4, -0.2) is 37.8 Å². The number of phenolic OH excluding ortho intramolecular Hbond substituents is 2. The molecule has 0 atom stereocenters. The van der Waals surface area contributed by atoms with Crippen LogP contribution in [0.15, 0.2) is 6.07 Å². The molecule has 1 aromatic rings. The van der Waals surface area contributed by atoms with Gasteiger partial charge in [-0.2, -0.15) is 0 Å². The van der Waals surface area contributed by atoms with Gasteiger partial charge in [-0.15, -0.1) is 0 Å². The van der Waals surface area contributed by atoms with Crippen molar-refractivity contribution in [2.75, 3.05) is 0 Å². The predicted octanol–water partition coefficient (Wildman–Crippen LogP) is 0.133. The van der Waals surface area contributed by atoms with Gasteiger partial charge in [0.2, 0.25) is 0 Å². The normalized spacial score (nSPS) is 9.83. The number of hydrogen-bond acceptors (Lipinski definition) is 3. The van der Waals surface area contributed by atoms with E-state index < -0.39 is 5.97 Å². The minimum absolute atomic E-state index is 0.0330. The van der Waals surface area contributed by atoms with E-state index in [1.807, 2.05) is 6.92 Å². The molecule has 0 bridgehead atoms. The average Bonchev–Trinajstić information content (AvgIpc) is 2.33. The zero-order chi connectivity index (χ0) is 13.7. The number of benzene rings is 1. The summed E-state index contributed by atoms with van der Waals surface area (Å²) in [6, 6.07) is 1.40. The van der Waals surface area contributed by atoms with Crippen molar-refractivity contribution in [1.82, 2.24) is 0 Å². The minimum atomic E-state index is -1.09. The molecule has 0 aliphatic heterocycles. The number of carbonyl (C=O) groups is 1. The van der Waals surface area contributed by atoms with Crippen LogP contribution in [0.3, 0.4) is 0 Å². The fourth-order valence-electron chi connectivity index (χ4n) is 1.54. The number of phenols is 2. The Bertz CT molecular complexity index is 526. The van der Waals surface area contributed by atoms with Gasteiger partial charge >= 0.3 is 114 Å². The van der Waals surface area contributed by atoms with E-state index in [0.29, 0.717) is 9.96 Å². The van der Waals surface area contributed by atoms with Gasteiger partial charge in [0.25, 0.3) is 0 Å². The summed E-state index contributed by atoms with van der Waals surface area (Å²) in [4.78, 5) is 11.0. The molecule has 0 fully saturated rings. The van der Waals surface area contributed by atoms with E-state index in [0.717, 1.165) is 12.8 Å². The Hall–Kier alpha value is -1.61. The quantitative estimate of drug-likeness (QED) is 0.421. The Morgan fingerprint density at radius 2 is 2.00 bits per heavy atom. The van der Waals surface area contributed by atoms with Gasteiger partial charge in [-0.25, -0.2) is 0 Å². The third kappa shape index (κ3) is 3.20. The Morgan fingerprint density at radius 1 is 1.33 bits per heavy atom. The molecule has 0 saturated heterocycles. The monoisotopic (exact) mass is 310 g/mol. The summed E-state index contributed by atoms with van der Waals surface area (Å²) >= 11 is -0.0330. The molecule has 4 nitrogen and oxygen atoms in total. The molecule has 1 aromatic carbocycles. The molecule has 18 heavy (non-hydrogen) atoms. The third-order valence-electron chi connectivity index (χ3n) is 2.62. The van der Waals surface area contributed by atoms with Crippen LogP contribution in [0.1, 0.15) is 35.7 Å². The van der Waals surface area contributed by atoms with Crippen LogP contribution in [0.4, 0.5) is 0 Å². The van der Waals surface area contributed by atoms with Gasteiger partial charge in [0.1, 0.15) is 0 Å². The van der Waals surface area contributed by atoms with Gasteiger partial charge in [-0.1, -0.05) is 0 Å². The molecule has 0 radical (unpaired) electrons. The summed E-state index contributed by atoms with van der Waals surface area (Å²) in [5.74, 6) is 4.14. The summed E-state index contributed by atoms with van der Waals surface area (Å²) in [5.41, 5.74) is 0.430. The van der Waals surface area contributed by atoms with E-state index in [-0.39, 0.29) is 40.0 Å². The van der Waals surface area contributed by atoms with Crippen LogP contribution in [-0.2, 0) is 6.42 Å². The van der Waals surface area contributed by atoms with Crippen LogP contribution in [0.5, 0.6) is 11.5 Å². The molecular weight excluding hydrogens is 293 g/mol. The number of rotatable bonds is 3. The van der Waals surface area contributed by atoms with Gasteiger partial charge in [0.15, 0.2) is 0 Å². The molecule has 0 spiro atoms. The second-order valence-electron chi connectivity index (χ2n) is 3.99. The van der Waals surface area contributed by atoms with E-state index in [1.54, 1.807) is 0 Å². The fourth-order valence-corrected chi connectivity index (χ4v) is 2.78. The number of aromatic carboxylic acids is 1. The number of unbranched alkanes of at least 4 members (excludes halogenated alkanes) is 1. The predicted molar refractivity (Wildman–Crippen MR) is 72.7 cm³/mol. The average molecular weight is 309 g/mol. The summed E-state index contributed by atoms with van der Waals surface area (Å²) < 4.78 is 0.345. The Labute approximate surface area is 114 Å². The molecule has 0 saturated carbocycles. The molecule has 0 aliphatic rings. The van der Waals surface area contributed by atoms with Gasteiger partial charge in [0, 0.05) is 0 Å². The van der Waals surface area contributed by atoms with Crippen molar-refractivity contribution in [2.45, 2.75) is 26.2 Å². The molecule has 3 N–H and O–H groups in total. The Balaban J connectivity index is 3.13. The zero-order valence-electron chi connectivity index (χ0n) is 10.4. The first-order valence-corrected chi connectivity index (χ1v) is 7.82. The molecule has 1 rings (SSSR count). The number of carboxylic acids is 1. The van der Waals surface area contributed by atoms with E-state index in [4.69, 9.17) is 5.11 Å². The SMILES string of the molecule is CCCC#CCc1cc(C(=O)O)[c]([GeH3])c(O)c1O. The number of hydrogen-bond donors (Lipinski definition) is 3. The van der Waals surface area contributed by atoms with Crippen molar-refractivity contribution in [3.63, 3.8) is 0 Å². The van der Waals surface area contributed by atoms with E-state index in [1.165, 1.54) is 6.07 Å². The van der Waals surface area contributed by atoms with Crippen LogP contribution in [0, 0.1) is 11.8 Å². The van der Waals surface area contributed by atoms with Gasteiger partial charge in [-0.3, -0.25) is 0 Å². The second-order valence-corrected chi connectivity index (χ2v) is 6.09. The molecule has 0 aromatic heterocycles. The van der Waals surface area contributed by atoms with E-state index in [9.17, 15) is 15.0 Å². The van der Waals surface area contributed by atoms with Crippen LogP contribution >= 0.6 is 0 Å². The molecule has 96 valence electrons. The van der Waals surface area contributed by atoms with Crippen molar-refractivity contribution in [1.29, 1.82) is 0 Å². The molecule has 0 unspecified atom stereocenters. The first kappa shape index (κ1) is 14.5. The third-order valence-corrected chi connectivity index (χ3v) is 4.74. The van der Waals surface area contributed by atoms with Gasteiger partial charge in [-0.05, 0) is 0 Å². The fraction of sp³-hybridized carbons (Fsp3) is 0.308. The van der Waals surface area contributed by atoms with Crippen molar-refractivity contribution in [3.05, 3.63) is 17.2 Å². The summed E-state index contributed by atoms with van der Waals surface area (Å²) in [6.07, 6.45) is 1.96. The van der Waals surface area contributed by atoms with Crippen molar-refractivity contribution >= 4 is 26.9 Å². The zero-order valence-corrected chi connectivity index (χ0v) is 14.6. The summed E-state index contributed by atoms with van der Waals surface area (Å²) in [7, 11) is 0. The molecule has 0 aliphatic carbocycles. The maximum atomic E-state index is 11.0. The van der Waals surface area contributed by atoms with Crippen LogP contribution in [0.2, 0.25) is 0 Å². The number of carboxylic acid groups (broad SMARTS) is 1. The first-order valence-electron chi connectivity index (χ1n) is 5.72. The van der Waals surface area contributed by atoms with Crippen molar-refractivity contribution in [3.8, 4) is 23.3 Å². The molecule has 5 heteroatoms. The van der Waals surface area contributed by atoms with Crippen LogP contribution < -0.4 is 4.40 Å².